The van der Waals surface area contributed by atoms with E-state index in [9.17, 15) is 0 Å². The van der Waals surface area contributed by atoms with Crippen LogP contribution in [0, 0.1) is 0 Å². The summed E-state index contributed by atoms with van der Waals surface area (Å²) in [6.07, 6.45) is 0. The lowest BCUT2D eigenvalue weighted by molar-refractivity contribution is 1.08. The average Bonchev–Trinajstić information content (AvgIpc) is 3.30. The van der Waals surface area contributed by atoms with Gasteiger partial charge < -0.3 is 0 Å². The quantitative estimate of drug-likeness (QED) is 0.171. The van der Waals surface area contributed by atoms with E-state index < -0.39 is 0 Å². The van der Waals surface area contributed by atoms with Gasteiger partial charge in [-0.05, 0) is 88.6 Å². The molecular formula is C55H35N3. The molecule has 3 heteroatoms. The Hall–Kier alpha value is -7.75. The number of rotatable bonds is 6. The van der Waals surface area contributed by atoms with E-state index >= 15 is 0 Å². The first-order valence-corrected chi connectivity index (χ1v) is 19.7. The molecule has 0 saturated carbocycles. The second kappa shape index (κ2) is 14.1. The van der Waals surface area contributed by atoms with Crippen LogP contribution < -0.4 is 0 Å². The van der Waals surface area contributed by atoms with Gasteiger partial charge in [0.1, 0.15) is 0 Å². The van der Waals surface area contributed by atoms with E-state index in [-0.39, 0.29) is 0 Å². The van der Waals surface area contributed by atoms with Crippen LogP contribution in [0.5, 0.6) is 0 Å². The molecule has 1 aromatic heterocycles. The van der Waals surface area contributed by atoms with Crippen LogP contribution in [-0.4, -0.2) is 15.0 Å². The van der Waals surface area contributed by atoms with E-state index in [0.29, 0.717) is 17.5 Å². The molecule has 0 aliphatic rings. The summed E-state index contributed by atoms with van der Waals surface area (Å²) in [5.74, 6) is 1.90. The maximum Gasteiger partial charge on any atom is 0.164 e. The van der Waals surface area contributed by atoms with Crippen molar-refractivity contribution in [1.82, 2.24) is 15.0 Å². The summed E-state index contributed by atoms with van der Waals surface area (Å²) in [5.41, 5.74) is 9.97. The highest BCUT2D eigenvalue weighted by molar-refractivity contribution is 6.06. The predicted octanol–water partition coefficient (Wildman–Crippen LogP) is 14.5. The molecule has 0 bridgehead atoms. The Bertz CT molecular complexity index is 3320. The minimum atomic E-state index is 0.631. The summed E-state index contributed by atoms with van der Waals surface area (Å²) in [7, 11) is 0. The summed E-state index contributed by atoms with van der Waals surface area (Å²) < 4.78 is 0. The molecule has 0 atom stereocenters. The minimum Gasteiger partial charge on any atom is -0.208 e. The number of aromatic nitrogens is 3. The fourth-order valence-corrected chi connectivity index (χ4v) is 8.44. The molecule has 0 aliphatic heterocycles. The third-order valence-corrected chi connectivity index (χ3v) is 11.3. The molecule has 0 unspecified atom stereocenters. The van der Waals surface area contributed by atoms with Gasteiger partial charge in [0.05, 0.1) is 0 Å². The van der Waals surface area contributed by atoms with E-state index in [4.69, 9.17) is 15.0 Å². The maximum absolute atomic E-state index is 5.24. The van der Waals surface area contributed by atoms with Gasteiger partial charge >= 0.3 is 0 Å². The van der Waals surface area contributed by atoms with Crippen molar-refractivity contribution in [2.24, 2.45) is 0 Å². The van der Waals surface area contributed by atoms with Crippen molar-refractivity contribution in [2.45, 2.75) is 0 Å². The fourth-order valence-electron chi connectivity index (χ4n) is 8.44. The first-order chi connectivity index (χ1) is 28.7. The van der Waals surface area contributed by atoms with Crippen LogP contribution in [0.4, 0.5) is 0 Å². The molecular weight excluding hydrogens is 703 g/mol. The lowest BCUT2D eigenvalue weighted by Crippen LogP contribution is -2.00. The molecule has 58 heavy (non-hydrogen) atoms. The fraction of sp³-hybridized carbons (Fsp3) is 0. The summed E-state index contributed by atoms with van der Waals surface area (Å²) in [4.78, 5) is 15.6. The van der Waals surface area contributed by atoms with Crippen molar-refractivity contribution in [3.63, 3.8) is 0 Å². The molecule has 0 spiro atoms. The lowest BCUT2D eigenvalue weighted by atomic mass is 9.93. The van der Waals surface area contributed by atoms with Gasteiger partial charge in [0.15, 0.2) is 17.5 Å². The molecule has 270 valence electrons. The van der Waals surface area contributed by atoms with Crippen LogP contribution in [0.25, 0.3) is 111 Å². The van der Waals surface area contributed by atoms with Crippen LogP contribution in [0.2, 0.25) is 0 Å². The third kappa shape index (κ3) is 5.98. The Morgan fingerprint density at radius 2 is 0.621 bits per heavy atom. The first-order valence-electron chi connectivity index (χ1n) is 19.7. The molecule has 0 radical (unpaired) electrons. The topological polar surface area (TPSA) is 38.7 Å². The summed E-state index contributed by atoms with van der Waals surface area (Å²) in [6, 6.07) is 75.4. The van der Waals surface area contributed by atoms with E-state index in [2.05, 4.69) is 212 Å². The Labute approximate surface area is 336 Å². The van der Waals surface area contributed by atoms with Gasteiger partial charge in [-0.1, -0.05) is 200 Å². The number of hydrogen-bond donors (Lipinski definition) is 0. The summed E-state index contributed by atoms with van der Waals surface area (Å²) in [5, 5.41) is 9.46. The molecule has 10 aromatic carbocycles. The smallest absolute Gasteiger partial charge is 0.164 e. The Kier molecular flexibility index (Phi) is 8.15. The van der Waals surface area contributed by atoms with Crippen molar-refractivity contribution in [3.05, 3.63) is 212 Å². The van der Waals surface area contributed by atoms with Crippen molar-refractivity contribution in [1.29, 1.82) is 0 Å². The highest BCUT2D eigenvalue weighted by atomic mass is 15.0. The molecule has 0 N–H and O–H groups in total. The standard InChI is InChI=1S/C55H35N3/c1-2-12-36(13-3-1)41-30-32-49-42(34-41)19-11-25-52(49)55-57-53(40-28-26-39(27-29-40)46-22-8-16-37-14-4-6-20-45(37)46)56-54(58-55)44-31-33-48-43(35-44)18-10-24-51(48)50-23-9-17-38-15-5-7-21-47(38)50/h1-35H. The molecule has 11 rings (SSSR count). The Morgan fingerprint density at radius 3 is 1.29 bits per heavy atom. The van der Waals surface area contributed by atoms with Gasteiger partial charge in [0.25, 0.3) is 0 Å². The van der Waals surface area contributed by atoms with E-state index in [1.54, 1.807) is 0 Å². The minimum absolute atomic E-state index is 0.631. The highest BCUT2D eigenvalue weighted by Gasteiger charge is 2.17. The molecule has 0 fully saturated rings. The number of fused-ring (bicyclic) bond motifs is 4. The summed E-state index contributed by atoms with van der Waals surface area (Å²) in [6.45, 7) is 0. The zero-order valence-electron chi connectivity index (χ0n) is 31.5. The Balaban J connectivity index is 1.06. The van der Waals surface area contributed by atoms with Crippen LogP contribution >= 0.6 is 0 Å². The second-order valence-corrected chi connectivity index (χ2v) is 14.8. The second-order valence-electron chi connectivity index (χ2n) is 14.8. The molecule has 1 heterocycles. The average molecular weight is 738 g/mol. The molecule has 11 aromatic rings. The van der Waals surface area contributed by atoms with Crippen molar-refractivity contribution in [3.8, 4) is 67.5 Å². The van der Waals surface area contributed by atoms with Crippen LogP contribution in [0.3, 0.4) is 0 Å². The van der Waals surface area contributed by atoms with Crippen LogP contribution in [-0.2, 0) is 0 Å². The zero-order valence-corrected chi connectivity index (χ0v) is 31.5. The van der Waals surface area contributed by atoms with Gasteiger partial charge in [-0.15, -0.1) is 0 Å². The number of nitrogens with zero attached hydrogens (tertiary/aromatic N) is 3. The van der Waals surface area contributed by atoms with Gasteiger partial charge in [-0.25, -0.2) is 15.0 Å². The third-order valence-electron chi connectivity index (χ3n) is 11.3. The first kappa shape index (κ1) is 33.6. The van der Waals surface area contributed by atoms with Crippen molar-refractivity contribution in [2.75, 3.05) is 0 Å². The lowest BCUT2D eigenvalue weighted by Gasteiger charge is -2.13. The monoisotopic (exact) mass is 737 g/mol. The van der Waals surface area contributed by atoms with E-state index in [0.717, 1.165) is 38.4 Å². The van der Waals surface area contributed by atoms with Gasteiger partial charge in [-0.3, -0.25) is 0 Å². The van der Waals surface area contributed by atoms with Gasteiger partial charge in [0, 0.05) is 16.7 Å². The van der Waals surface area contributed by atoms with E-state index in [1.807, 2.05) is 0 Å². The number of hydrogen-bond acceptors (Lipinski definition) is 3. The number of benzene rings is 10. The SMILES string of the molecule is c1ccc(-c2ccc3c(-c4nc(-c5ccc(-c6cccc7ccccc67)cc5)nc(-c5ccc6c(-c7cccc8ccccc78)cccc6c5)n4)cccc3c2)cc1. The van der Waals surface area contributed by atoms with E-state index in [1.165, 1.54) is 54.7 Å². The van der Waals surface area contributed by atoms with Crippen LogP contribution in [0.1, 0.15) is 0 Å². The van der Waals surface area contributed by atoms with Crippen LogP contribution in [0.15, 0.2) is 212 Å². The van der Waals surface area contributed by atoms with Crippen molar-refractivity contribution < 1.29 is 0 Å². The molecule has 0 saturated heterocycles. The van der Waals surface area contributed by atoms with Crippen molar-refractivity contribution >= 4 is 43.1 Å². The molecule has 0 aliphatic carbocycles. The van der Waals surface area contributed by atoms with Gasteiger partial charge in [0.2, 0.25) is 0 Å². The normalized spacial score (nSPS) is 11.4. The summed E-state index contributed by atoms with van der Waals surface area (Å²) >= 11 is 0. The highest BCUT2D eigenvalue weighted by Crippen LogP contribution is 2.37. The zero-order chi connectivity index (χ0) is 38.4. The maximum atomic E-state index is 5.24. The predicted molar refractivity (Wildman–Crippen MR) is 242 cm³/mol. The molecule has 0 amide bonds. The Morgan fingerprint density at radius 1 is 0.207 bits per heavy atom. The largest absolute Gasteiger partial charge is 0.208 e. The molecule has 3 nitrogen and oxygen atoms in total. The van der Waals surface area contributed by atoms with Gasteiger partial charge in [-0.2, -0.15) is 0 Å².